The molecule has 0 aromatic heterocycles. The Morgan fingerprint density at radius 1 is 1.47 bits per heavy atom. The van der Waals surface area contributed by atoms with Crippen LogP contribution >= 0.6 is 0 Å². The molecule has 1 aromatic carbocycles. The quantitative estimate of drug-likeness (QED) is 0.779. The van der Waals surface area contributed by atoms with Crippen molar-refractivity contribution in [1.29, 1.82) is 0 Å². The molecule has 0 saturated heterocycles. The summed E-state index contributed by atoms with van der Waals surface area (Å²) in [6, 6.07) is 5.27. The van der Waals surface area contributed by atoms with Crippen LogP contribution in [0.25, 0.3) is 0 Å². The van der Waals surface area contributed by atoms with E-state index >= 15 is 0 Å². The maximum absolute atomic E-state index is 13.0. The van der Waals surface area contributed by atoms with Crippen LogP contribution in [0.1, 0.15) is 30.5 Å². The lowest BCUT2D eigenvalue weighted by Crippen LogP contribution is -2.31. The Morgan fingerprint density at radius 3 is 3.06 bits per heavy atom. The minimum absolute atomic E-state index is 0.0132. The summed E-state index contributed by atoms with van der Waals surface area (Å²) in [7, 11) is 0. The Kier molecular flexibility index (Phi) is 3.74. The minimum atomic E-state index is -0.164. The van der Waals surface area contributed by atoms with Crippen LogP contribution in [0.2, 0.25) is 0 Å². The van der Waals surface area contributed by atoms with Crippen molar-refractivity contribution in [2.24, 2.45) is 0 Å². The number of fused-ring (bicyclic) bond motifs is 1. The number of amides is 1. The number of halogens is 1. The van der Waals surface area contributed by atoms with Crippen molar-refractivity contribution >= 4 is 5.91 Å². The number of aryl methyl sites for hydroxylation is 1. The van der Waals surface area contributed by atoms with Gasteiger partial charge < -0.3 is 10.6 Å². The van der Waals surface area contributed by atoms with Crippen molar-refractivity contribution in [3.8, 4) is 0 Å². The van der Waals surface area contributed by atoms with Crippen LogP contribution in [0.3, 0.4) is 0 Å². The molecule has 0 bridgehead atoms. The zero-order valence-electron chi connectivity index (χ0n) is 9.92. The molecular weight excluding hydrogens is 219 g/mol. The fourth-order valence-corrected chi connectivity index (χ4v) is 2.28. The summed E-state index contributed by atoms with van der Waals surface area (Å²) < 4.78 is 13.0. The van der Waals surface area contributed by atoms with Crippen molar-refractivity contribution in [3.63, 3.8) is 0 Å². The first-order valence-electron chi connectivity index (χ1n) is 5.93. The normalized spacial score (nSPS) is 17.9. The molecule has 0 fully saturated rings. The highest BCUT2D eigenvalue weighted by Gasteiger charge is 2.21. The van der Waals surface area contributed by atoms with Crippen LogP contribution in [0.5, 0.6) is 0 Å². The molecule has 92 valence electrons. The van der Waals surface area contributed by atoms with E-state index in [2.05, 4.69) is 10.6 Å². The number of carbonyl (C=O) groups is 1. The Labute approximate surface area is 100 Å². The molecule has 3 nitrogen and oxygen atoms in total. The highest BCUT2D eigenvalue weighted by molar-refractivity contribution is 5.72. The van der Waals surface area contributed by atoms with Gasteiger partial charge in [-0.2, -0.15) is 0 Å². The molecule has 1 aliphatic carbocycles. The molecule has 0 heterocycles. The molecular formula is C13H17FN2O. The maximum atomic E-state index is 13.0. The van der Waals surface area contributed by atoms with Gasteiger partial charge in [0, 0.05) is 26.1 Å². The summed E-state index contributed by atoms with van der Waals surface area (Å²) in [4.78, 5) is 10.7. The fraction of sp³-hybridized carbons (Fsp3) is 0.462. The molecule has 17 heavy (non-hydrogen) atoms. The van der Waals surface area contributed by atoms with E-state index in [1.165, 1.54) is 18.6 Å². The lowest BCUT2D eigenvalue weighted by atomic mass is 10.1. The van der Waals surface area contributed by atoms with Crippen molar-refractivity contribution < 1.29 is 9.18 Å². The summed E-state index contributed by atoms with van der Waals surface area (Å²) in [5, 5.41) is 6.12. The standard InChI is InChI=1S/C13H17FN2O/c1-9(17)15-6-7-16-13-5-2-10-8-11(14)3-4-12(10)13/h3-4,8,13,16H,2,5-7H2,1H3,(H,15,17). The predicted molar refractivity (Wildman–Crippen MR) is 64.1 cm³/mol. The largest absolute Gasteiger partial charge is 0.355 e. The van der Waals surface area contributed by atoms with Crippen LogP contribution in [-0.2, 0) is 11.2 Å². The number of carbonyl (C=O) groups excluding carboxylic acids is 1. The summed E-state index contributed by atoms with van der Waals surface area (Å²) >= 11 is 0. The average Bonchev–Trinajstić information content (AvgIpc) is 2.66. The van der Waals surface area contributed by atoms with Crippen molar-refractivity contribution in [3.05, 3.63) is 35.1 Å². The van der Waals surface area contributed by atoms with E-state index in [0.717, 1.165) is 24.9 Å². The van der Waals surface area contributed by atoms with Crippen LogP contribution in [-0.4, -0.2) is 19.0 Å². The Balaban J connectivity index is 1.87. The molecule has 0 saturated carbocycles. The van der Waals surface area contributed by atoms with Gasteiger partial charge in [-0.3, -0.25) is 4.79 Å². The zero-order valence-corrected chi connectivity index (χ0v) is 9.92. The highest BCUT2D eigenvalue weighted by atomic mass is 19.1. The number of hydrogen-bond acceptors (Lipinski definition) is 2. The molecule has 0 aliphatic heterocycles. The van der Waals surface area contributed by atoms with Crippen LogP contribution < -0.4 is 10.6 Å². The second-order valence-electron chi connectivity index (χ2n) is 4.37. The molecule has 2 rings (SSSR count). The minimum Gasteiger partial charge on any atom is -0.355 e. The summed E-state index contributed by atoms with van der Waals surface area (Å²) in [6.07, 6.45) is 1.92. The third kappa shape index (κ3) is 3.03. The van der Waals surface area contributed by atoms with Gasteiger partial charge in [-0.1, -0.05) is 6.07 Å². The van der Waals surface area contributed by atoms with Crippen molar-refractivity contribution in [1.82, 2.24) is 10.6 Å². The first kappa shape index (κ1) is 12.0. The molecule has 0 radical (unpaired) electrons. The van der Waals surface area contributed by atoms with E-state index in [0.29, 0.717) is 12.6 Å². The lowest BCUT2D eigenvalue weighted by Gasteiger charge is -2.14. The van der Waals surface area contributed by atoms with Crippen LogP contribution in [0.15, 0.2) is 18.2 Å². The van der Waals surface area contributed by atoms with Crippen molar-refractivity contribution in [2.45, 2.75) is 25.8 Å². The monoisotopic (exact) mass is 236 g/mol. The fourth-order valence-electron chi connectivity index (χ4n) is 2.28. The van der Waals surface area contributed by atoms with Crippen LogP contribution in [0, 0.1) is 5.82 Å². The summed E-state index contributed by atoms with van der Waals surface area (Å²) in [6.45, 7) is 2.87. The smallest absolute Gasteiger partial charge is 0.216 e. The van der Waals surface area contributed by atoms with E-state index in [9.17, 15) is 9.18 Å². The molecule has 1 aromatic rings. The number of hydrogen-bond donors (Lipinski definition) is 2. The molecule has 1 amide bonds. The summed E-state index contributed by atoms with van der Waals surface area (Å²) in [5.41, 5.74) is 2.29. The molecule has 4 heteroatoms. The molecule has 1 atom stereocenters. The maximum Gasteiger partial charge on any atom is 0.216 e. The highest BCUT2D eigenvalue weighted by Crippen LogP contribution is 2.31. The van der Waals surface area contributed by atoms with E-state index in [-0.39, 0.29) is 11.7 Å². The van der Waals surface area contributed by atoms with Gasteiger partial charge in [-0.15, -0.1) is 0 Å². The van der Waals surface area contributed by atoms with Gasteiger partial charge in [0.15, 0.2) is 0 Å². The molecule has 2 N–H and O–H groups in total. The van der Waals surface area contributed by atoms with Crippen molar-refractivity contribution in [2.75, 3.05) is 13.1 Å². The summed E-state index contributed by atoms with van der Waals surface area (Å²) in [5.74, 6) is -0.177. The van der Waals surface area contributed by atoms with Gasteiger partial charge in [-0.25, -0.2) is 4.39 Å². The van der Waals surface area contributed by atoms with E-state index < -0.39 is 0 Å². The SMILES string of the molecule is CC(=O)NCCNC1CCc2cc(F)ccc21. The third-order valence-corrected chi connectivity index (χ3v) is 3.07. The van der Waals surface area contributed by atoms with Gasteiger partial charge in [-0.05, 0) is 36.1 Å². The Morgan fingerprint density at radius 2 is 2.29 bits per heavy atom. The zero-order chi connectivity index (χ0) is 12.3. The van der Waals surface area contributed by atoms with Gasteiger partial charge in [0.25, 0.3) is 0 Å². The lowest BCUT2D eigenvalue weighted by molar-refractivity contribution is -0.118. The second kappa shape index (κ2) is 5.27. The van der Waals surface area contributed by atoms with Gasteiger partial charge >= 0.3 is 0 Å². The van der Waals surface area contributed by atoms with Gasteiger partial charge in [0.2, 0.25) is 5.91 Å². The Bertz CT molecular complexity index is 420. The number of rotatable bonds is 4. The average molecular weight is 236 g/mol. The molecule has 0 spiro atoms. The van der Waals surface area contributed by atoms with Crippen LogP contribution in [0.4, 0.5) is 4.39 Å². The number of benzene rings is 1. The van der Waals surface area contributed by atoms with E-state index in [4.69, 9.17) is 0 Å². The van der Waals surface area contributed by atoms with E-state index in [1.807, 2.05) is 6.07 Å². The molecule has 1 aliphatic rings. The van der Waals surface area contributed by atoms with Gasteiger partial charge in [0.1, 0.15) is 5.82 Å². The topological polar surface area (TPSA) is 41.1 Å². The first-order valence-corrected chi connectivity index (χ1v) is 5.93. The predicted octanol–water partition coefficient (Wildman–Crippen LogP) is 1.54. The van der Waals surface area contributed by atoms with E-state index in [1.54, 1.807) is 6.07 Å². The molecule has 1 unspecified atom stereocenters. The Hall–Kier alpha value is -1.42. The number of nitrogens with one attached hydrogen (secondary N) is 2. The second-order valence-corrected chi connectivity index (χ2v) is 4.37. The first-order chi connectivity index (χ1) is 8.16. The van der Waals surface area contributed by atoms with Gasteiger partial charge in [0.05, 0.1) is 0 Å². The third-order valence-electron chi connectivity index (χ3n) is 3.07.